The van der Waals surface area contributed by atoms with E-state index in [0.29, 0.717) is 5.69 Å². The van der Waals surface area contributed by atoms with E-state index in [1.54, 1.807) is 6.07 Å². The fraction of sp³-hybridized carbons (Fsp3) is 0.353. The van der Waals surface area contributed by atoms with E-state index in [1.807, 2.05) is 45.9 Å². The van der Waals surface area contributed by atoms with Crippen LogP contribution in [0.3, 0.4) is 0 Å². The zero-order valence-corrected chi connectivity index (χ0v) is 15.0. The molecule has 0 unspecified atom stereocenters. The molecule has 0 aliphatic heterocycles. The van der Waals surface area contributed by atoms with Crippen LogP contribution in [0.4, 0.5) is 0 Å². The quantitative estimate of drug-likeness (QED) is 0.655. The molecule has 128 valence electrons. The van der Waals surface area contributed by atoms with Crippen molar-refractivity contribution >= 4 is 17.7 Å². The molecule has 6 nitrogen and oxygen atoms in total. The molecule has 0 radical (unpaired) electrons. The molecule has 1 aromatic heterocycles. The number of aromatic hydroxyl groups is 1. The van der Waals surface area contributed by atoms with Crippen LogP contribution in [0.5, 0.6) is 5.88 Å². The standard InChI is InChI=1S/C17H21N3O3S/c1-11-6-5-7-12(8-11)20-15(23)9-13(21)18-16(20)24-10-14(22)19-17(2,3)4/h5-9,21H,10H2,1-4H3,(H,19,22). The Morgan fingerprint density at radius 3 is 2.67 bits per heavy atom. The van der Waals surface area contributed by atoms with E-state index >= 15 is 0 Å². The van der Waals surface area contributed by atoms with Crippen LogP contribution in [0.25, 0.3) is 5.69 Å². The Hall–Kier alpha value is -2.28. The average Bonchev–Trinajstić information content (AvgIpc) is 2.42. The van der Waals surface area contributed by atoms with E-state index in [1.165, 1.54) is 4.57 Å². The van der Waals surface area contributed by atoms with Crippen LogP contribution < -0.4 is 10.9 Å². The second-order valence-corrected chi connectivity index (χ2v) is 7.44. The highest BCUT2D eigenvalue weighted by molar-refractivity contribution is 7.99. The van der Waals surface area contributed by atoms with Gasteiger partial charge >= 0.3 is 0 Å². The lowest BCUT2D eigenvalue weighted by Gasteiger charge is -2.20. The minimum Gasteiger partial charge on any atom is -0.493 e. The van der Waals surface area contributed by atoms with Gasteiger partial charge in [0.15, 0.2) is 5.16 Å². The van der Waals surface area contributed by atoms with Crippen molar-refractivity contribution in [2.24, 2.45) is 0 Å². The first-order valence-corrected chi connectivity index (χ1v) is 8.48. The largest absolute Gasteiger partial charge is 0.493 e. The lowest BCUT2D eigenvalue weighted by Crippen LogP contribution is -2.41. The van der Waals surface area contributed by atoms with Crippen molar-refractivity contribution in [3.05, 3.63) is 46.2 Å². The van der Waals surface area contributed by atoms with E-state index in [0.717, 1.165) is 23.4 Å². The van der Waals surface area contributed by atoms with Crippen LogP contribution in [0.15, 0.2) is 40.3 Å². The van der Waals surface area contributed by atoms with E-state index in [-0.39, 0.29) is 28.2 Å². The summed E-state index contributed by atoms with van der Waals surface area (Å²) in [5.41, 5.74) is 0.909. The van der Waals surface area contributed by atoms with Crippen molar-refractivity contribution in [1.82, 2.24) is 14.9 Å². The van der Waals surface area contributed by atoms with Gasteiger partial charge in [0.2, 0.25) is 11.8 Å². The first-order chi connectivity index (χ1) is 11.2. The zero-order valence-electron chi connectivity index (χ0n) is 14.2. The fourth-order valence-electron chi connectivity index (χ4n) is 2.14. The third-order valence-corrected chi connectivity index (χ3v) is 3.92. The Morgan fingerprint density at radius 1 is 1.33 bits per heavy atom. The van der Waals surface area contributed by atoms with Crippen LogP contribution in [0.2, 0.25) is 0 Å². The van der Waals surface area contributed by atoms with Crippen molar-refractivity contribution in [2.45, 2.75) is 38.4 Å². The number of nitrogens with zero attached hydrogens (tertiary/aromatic N) is 2. The second-order valence-electron chi connectivity index (χ2n) is 6.50. The second kappa shape index (κ2) is 7.09. The van der Waals surface area contributed by atoms with Gasteiger partial charge in [0.25, 0.3) is 5.56 Å². The molecule has 0 atom stereocenters. The van der Waals surface area contributed by atoms with Crippen LogP contribution in [-0.4, -0.2) is 31.9 Å². The third-order valence-electron chi connectivity index (χ3n) is 2.98. The summed E-state index contributed by atoms with van der Waals surface area (Å²) in [6.45, 7) is 7.60. The molecular formula is C17H21N3O3S. The minimum atomic E-state index is -0.396. The molecule has 2 N–H and O–H groups in total. The summed E-state index contributed by atoms with van der Waals surface area (Å²) in [5.74, 6) is -0.428. The predicted octanol–water partition coefficient (Wildman–Crippen LogP) is 2.25. The Bertz CT molecular complexity index is 809. The molecule has 2 rings (SSSR count). The highest BCUT2D eigenvalue weighted by Gasteiger charge is 2.16. The number of carbonyl (C=O) groups is 1. The van der Waals surface area contributed by atoms with Crippen LogP contribution in [-0.2, 0) is 4.79 Å². The number of thioether (sulfide) groups is 1. The van der Waals surface area contributed by atoms with Crippen LogP contribution >= 0.6 is 11.8 Å². The number of rotatable bonds is 4. The van der Waals surface area contributed by atoms with E-state index in [4.69, 9.17) is 0 Å². The lowest BCUT2D eigenvalue weighted by molar-refractivity contribution is -0.119. The summed E-state index contributed by atoms with van der Waals surface area (Å²) in [5, 5.41) is 12.8. The Kier molecular flexibility index (Phi) is 5.33. The predicted molar refractivity (Wildman–Crippen MR) is 94.9 cm³/mol. The monoisotopic (exact) mass is 347 g/mol. The Balaban J connectivity index is 2.33. The van der Waals surface area contributed by atoms with Crippen molar-refractivity contribution in [1.29, 1.82) is 0 Å². The molecule has 0 bridgehead atoms. The molecule has 2 aromatic rings. The summed E-state index contributed by atoms with van der Waals surface area (Å²) in [6, 6.07) is 8.45. The van der Waals surface area contributed by atoms with Gasteiger partial charge in [-0.1, -0.05) is 23.9 Å². The highest BCUT2D eigenvalue weighted by Crippen LogP contribution is 2.21. The molecule has 7 heteroatoms. The number of nitrogens with one attached hydrogen (secondary N) is 1. The molecule has 1 aromatic carbocycles. The maximum atomic E-state index is 12.3. The molecule has 0 aliphatic rings. The minimum absolute atomic E-state index is 0.0962. The topological polar surface area (TPSA) is 84.2 Å². The molecule has 0 fully saturated rings. The summed E-state index contributed by atoms with van der Waals surface area (Å²) in [4.78, 5) is 28.3. The van der Waals surface area contributed by atoms with Crippen LogP contribution in [0.1, 0.15) is 26.3 Å². The molecule has 24 heavy (non-hydrogen) atoms. The molecule has 0 aliphatic carbocycles. The van der Waals surface area contributed by atoms with Crippen molar-refractivity contribution in [3.63, 3.8) is 0 Å². The van der Waals surface area contributed by atoms with Crippen molar-refractivity contribution < 1.29 is 9.90 Å². The molecule has 0 saturated heterocycles. The molecule has 1 heterocycles. The first-order valence-electron chi connectivity index (χ1n) is 7.49. The number of aryl methyl sites for hydroxylation is 1. The smallest absolute Gasteiger partial charge is 0.262 e. The average molecular weight is 347 g/mol. The van der Waals surface area contributed by atoms with Crippen molar-refractivity contribution in [2.75, 3.05) is 5.75 Å². The number of amides is 1. The lowest BCUT2D eigenvalue weighted by atomic mass is 10.1. The summed E-state index contributed by atoms with van der Waals surface area (Å²) >= 11 is 1.10. The number of carbonyl (C=O) groups excluding carboxylic acids is 1. The van der Waals surface area contributed by atoms with E-state index in [9.17, 15) is 14.7 Å². The summed E-state index contributed by atoms with van der Waals surface area (Å²) in [6.07, 6.45) is 0. The fourth-order valence-corrected chi connectivity index (χ4v) is 2.95. The van der Waals surface area contributed by atoms with E-state index < -0.39 is 5.56 Å². The van der Waals surface area contributed by atoms with Gasteiger partial charge in [0.05, 0.1) is 17.5 Å². The Labute approximate surface area is 144 Å². The number of aromatic nitrogens is 2. The summed E-state index contributed by atoms with van der Waals surface area (Å²) in [7, 11) is 0. The van der Waals surface area contributed by atoms with Gasteiger partial charge < -0.3 is 10.4 Å². The Morgan fingerprint density at radius 2 is 2.04 bits per heavy atom. The maximum Gasteiger partial charge on any atom is 0.262 e. The number of hydrogen-bond donors (Lipinski definition) is 2. The number of hydrogen-bond acceptors (Lipinski definition) is 5. The SMILES string of the molecule is Cc1cccc(-n2c(SCC(=O)NC(C)(C)C)nc(O)cc2=O)c1. The molecular weight excluding hydrogens is 326 g/mol. The van der Waals surface area contributed by atoms with Gasteiger partial charge in [-0.25, -0.2) is 0 Å². The van der Waals surface area contributed by atoms with Gasteiger partial charge in [0, 0.05) is 5.54 Å². The van der Waals surface area contributed by atoms with Crippen LogP contribution in [0, 0.1) is 6.92 Å². The maximum absolute atomic E-state index is 12.3. The normalized spacial score (nSPS) is 11.3. The molecule has 0 saturated carbocycles. The third kappa shape index (κ3) is 4.86. The molecule has 1 amide bonds. The zero-order chi connectivity index (χ0) is 17.9. The van der Waals surface area contributed by atoms with Gasteiger partial charge in [-0.2, -0.15) is 4.98 Å². The van der Waals surface area contributed by atoms with Gasteiger partial charge in [0.1, 0.15) is 0 Å². The van der Waals surface area contributed by atoms with Gasteiger partial charge in [-0.05, 0) is 45.4 Å². The summed E-state index contributed by atoms with van der Waals surface area (Å²) < 4.78 is 1.39. The highest BCUT2D eigenvalue weighted by atomic mass is 32.2. The van der Waals surface area contributed by atoms with Crippen molar-refractivity contribution in [3.8, 4) is 11.6 Å². The first kappa shape index (κ1) is 18.1. The van der Waals surface area contributed by atoms with Gasteiger partial charge in [-0.3, -0.25) is 14.2 Å². The number of benzene rings is 1. The van der Waals surface area contributed by atoms with E-state index in [2.05, 4.69) is 10.3 Å². The van der Waals surface area contributed by atoms with Gasteiger partial charge in [-0.15, -0.1) is 0 Å². The molecule has 0 spiro atoms.